The zero-order valence-electron chi connectivity index (χ0n) is 24.7. The molecule has 8 nitrogen and oxygen atoms in total. The minimum Gasteiger partial charge on any atom is -0.507 e. The number of phenols is 1. The second kappa shape index (κ2) is 11.9. The van der Waals surface area contributed by atoms with Crippen LogP contribution in [0.15, 0.2) is 42.5 Å². The number of halogens is 8. The number of carbonyl (C=O) groups excluding carboxylic acids is 1. The predicted octanol–water partition coefficient (Wildman–Crippen LogP) is 7.35. The van der Waals surface area contributed by atoms with E-state index in [0.717, 1.165) is 4.90 Å². The number of hydrogen-bond donors (Lipinski definition) is 2. The number of aliphatic carboxylic acids is 1. The van der Waals surface area contributed by atoms with Crippen molar-refractivity contribution in [3.05, 3.63) is 76.0 Å². The lowest BCUT2D eigenvalue weighted by Crippen LogP contribution is -2.56. The Hall–Kier alpha value is -4.63. The maximum absolute atomic E-state index is 13.7. The highest BCUT2D eigenvalue weighted by atomic mass is 19.4. The van der Waals surface area contributed by atoms with Crippen LogP contribution in [0.2, 0.25) is 0 Å². The summed E-state index contributed by atoms with van der Waals surface area (Å²) >= 11 is 0. The number of aromatic nitrogens is 1. The number of ether oxygens (including phenoxy) is 1. The van der Waals surface area contributed by atoms with Gasteiger partial charge in [0.05, 0.1) is 42.5 Å². The Morgan fingerprint density at radius 3 is 2.19 bits per heavy atom. The van der Waals surface area contributed by atoms with Gasteiger partial charge >= 0.3 is 24.4 Å². The third kappa shape index (κ3) is 7.05. The van der Waals surface area contributed by atoms with E-state index in [2.05, 4.69) is 4.98 Å². The fourth-order valence-electron chi connectivity index (χ4n) is 5.69. The number of aromatic hydroxyl groups is 1. The highest BCUT2D eigenvalue weighted by Crippen LogP contribution is 2.43. The molecule has 0 radical (unpaired) electrons. The van der Waals surface area contributed by atoms with Crippen molar-refractivity contribution < 1.29 is 59.7 Å². The Kier molecular flexibility index (Phi) is 8.52. The number of benzene rings is 2. The molecule has 0 saturated carbocycles. The highest BCUT2D eigenvalue weighted by molar-refractivity contribution is 5.78. The molecule has 2 atom stereocenters. The van der Waals surface area contributed by atoms with E-state index >= 15 is 0 Å². The van der Waals surface area contributed by atoms with Crippen LogP contribution in [-0.4, -0.2) is 57.2 Å². The van der Waals surface area contributed by atoms with Crippen molar-refractivity contribution in [3.8, 4) is 16.9 Å². The van der Waals surface area contributed by atoms with Crippen LogP contribution < -0.4 is 4.90 Å². The molecular formula is C31H27F8N3O5. The number of carbonyl (C=O) groups is 2. The van der Waals surface area contributed by atoms with Gasteiger partial charge in [-0.1, -0.05) is 6.07 Å². The molecule has 0 aliphatic carbocycles. The van der Waals surface area contributed by atoms with Crippen LogP contribution in [0, 0.1) is 6.92 Å². The SMILES string of the molecule is Cc1cc(N2CC(F)(F)C2)nc(CN2C(=O)O[C@H](c3cc(C(F)(F)F)cc(C(F)(F)F)c3)[C@@H]2C)c1-c1cc(CCC(=O)O)ccc1O. The van der Waals surface area contributed by atoms with Crippen LogP contribution in [-0.2, 0) is 34.8 Å². The number of carboxylic acids is 1. The lowest BCUT2D eigenvalue weighted by Gasteiger charge is -2.40. The summed E-state index contributed by atoms with van der Waals surface area (Å²) in [5.74, 6) is -4.17. The zero-order valence-corrected chi connectivity index (χ0v) is 24.7. The topological polar surface area (TPSA) is 103 Å². The number of cyclic esters (lactones) is 1. The molecule has 2 fully saturated rings. The minimum atomic E-state index is -5.13. The fourth-order valence-corrected chi connectivity index (χ4v) is 5.69. The molecule has 2 aliphatic rings. The van der Waals surface area contributed by atoms with Crippen LogP contribution in [0.1, 0.15) is 53.0 Å². The second-order valence-corrected chi connectivity index (χ2v) is 11.6. The molecule has 3 heterocycles. The van der Waals surface area contributed by atoms with Crippen LogP contribution in [0.4, 0.5) is 45.7 Å². The summed E-state index contributed by atoms with van der Waals surface area (Å²) in [5, 5.41) is 19.9. The second-order valence-electron chi connectivity index (χ2n) is 11.6. The summed E-state index contributed by atoms with van der Waals surface area (Å²) in [4.78, 5) is 31.1. The van der Waals surface area contributed by atoms with Crippen LogP contribution >= 0.6 is 0 Å². The van der Waals surface area contributed by atoms with Gasteiger partial charge in [-0.25, -0.2) is 18.6 Å². The summed E-state index contributed by atoms with van der Waals surface area (Å²) in [7, 11) is 0. The number of rotatable bonds is 8. The molecule has 0 bridgehead atoms. The van der Waals surface area contributed by atoms with E-state index in [9.17, 15) is 49.8 Å². The predicted molar refractivity (Wildman–Crippen MR) is 150 cm³/mol. The third-order valence-electron chi connectivity index (χ3n) is 8.05. The molecule has 2 aliphatic heterocycles. The number of anilines is 1. The lowest BCUT2D eigenvalue weighted by atomic mass is 9.94. The molecular weight excluding hydrogens is 646 g/mol. The number of pyridine rings is 1. The van der Waals surface area contributed by atoms with E-state index in [1.807, 2.05) is 0 Å². The molecule has 0 unspecified atom stereocenters. The van der Waals surface area contributed by atoms with Crippen LogP contribution in [0.3, 0.4) is 0 Å². The van der Waals surface area contributed by atoms with Crippen molar-refractivity contribution in [3.63, 3.8) is 0 Å². The maximum atomic E-state index is 13.7. The summed E-state index contributed by atoms with van der Waals surface area (Å²) in [6.07, 6.45) is -13.0. The molecule has 1 aromatic heterocycles. The molecule has 16 heteroatoms. The van der Waals surface area contributed by atoms with E-state index in [-0.39, 0.29) is 47.3 Å². The Bertz CT molecular complexity index is 1690. The molecule has 2 N–H and O–H groups in total. The van der Waals surface area contributed by atoms with E-state index in [1.54, 1.807) is 6.92 Å². The van der Waals surface area contributed by atoms with Crippen molar-refractivity contribution in [2.75, 3.05) is 18.0 Å². The van der Waals surface area contributed by atoms with E-state index in [1.165, 1.54) is 36.1 Å². The molecule has 3 aromatic rings. The van der Waals surface area contributed by atoms with Crippen molar-refractivity contribution in [1.82, 2.24) is 9.88 Å². The summed E-state index contributed by atoms with van der Waals surface area (Å²) in [6.45, 7) is 1.24. The van der Waals surface area contributed by atoms with E-state index in [4.69, 9.17) is 9.84 Å². The van der Waals surface area contributed by atoms with E-state index in [0.29, 0.717) is 23.3 Å². The first-order chi connectivity index (χ1) is 21.7. The van der Waals surface area contributed by atoms with Crippen LogP contribution in [0.25, 0.3) is 11.1 Å². The monoisotopic (exact) mass is 673 g/mol. The smallest absolute Gasteiger partial charge is 0.416 e. The fraction of sp³-hybridized carbons (Fsp3) is 0.387. The van der Waals surface area contributed by atoms with Crippen molar-refractivity contribution >= 4 is 17.9 Å². The number of hydrogen-bond acceptors (Lipinski definition) is 6. The number of phenolic OH excluding ortho intramolecular Hbond substituents is 1. The summed E-state index contributed by atoms with van der Waals surface area (Å²) < 4.78 is 114. The normalized spacial score (nSPS) is 19.5. The van der Waals surface area contributed by atoms with Gasteiger partial charge in [0, 0.05) is 17.5 Å². The number of nitrogens with zero attached hydrogens (tertiary/aromatic N) is 3. The Balaban J connectivity index is 1.56. The molecule has 252 valence electrons. The van der Waals surface area contributed by atoms with Crippen molar-refractivity contribution in [1.29, 1.82) is 0 Å². The molecule has 5 rings (SSSR count). The largest absolute Gasteiger partial charge is 0.507 e. The first kappa shape index (κ1) is 33.7. The van der Waals surface area contributed by atoms with Gasteiger partial charge in [-0.2, -0.15) is 26.3 Å². The van der Waals surface area contributed by atoms with Gasteiger partial charge in [0.15, 0.2) is 0 Å². The zero-order chi connectivity index (χ0) is 34.6. The number of amides is 1. The van der Waals surface area contributed by atoms with Crippen molar-refractivity contribution in [2.24, 2.45) is 0 Å². The highest BCUT2D eigenvalue weighted by Gasteiger charge is 2.46. The van der Waals surface area contributed by atoms with E-state index < -0.39 is 78.8 Å². The van der Waals surface area contributed by atoms with Gasteiger partial charge in [-0.05, 0) is 73.4 Å². The summed E-state index contributed by atoms with van der Waals surface area (Å²) in [6, 6.07) is 5.63. The van der Waals surface area contributed by atoms with Gasteiger partial charge in [0.25, 0.3) is 5.92 Å². The minimum absolute atomic E-state index is 0.0381. The standard InChI is InChI=1S/C31H27F8N3O5/c1-15-7-24(41-13-29(32,33)14-41)40-22(26(15)21-8-17(3-5-23(21)43)4-6-25(44)45)12-42-16(2)27(47-28(42)46)18-9-19(30(34,35)36)11-20(10-18)31(37,38)39/h3,5,7-11,16,27,43H,4,6,12-14H2,1-2H3,(H,44,45)/t16-,27-/m0/s1. The molecule has 1 amide bonds. The number of alkyl halides is 8. The molecule has 0 spiro atoms. The van der Waals surface area contributed by atoms with Gasteiger partial charge in [-0.3, -0.25) is 9.69 Å². The average Bonchev–Trinajstić information content (AvgIpc) is 3.22. The third-order valence-corrected chi connectivity index (χ3v) is 8.05. The number of aryl methyl sites for hydroxylation is 2. The average molecular weight is 674 g/mol. The van der Waals surface area contributed by atoms with Crippen LogP contribution in [0.5, 0.6) is 5.75 Å². The number of carboxylic acid groups (broad SMARTS) is 1. The van der Waals surface area contributed by atoms with Gasteiger partial charge in [0.1, 0.15) is 17.7 Å². The van der Waals surface area contributed by atoms with Gasteiger partial charge in [-0.15, -0.1) is 0 Å². The maximum Gasteiger partial charge on any atom is 0.416 e. The Labute approximate surface area is 262 Å². The molecule has 2 saturated heterocycles. The van der Waals surface area contributed by atoms with Gasteiger partial charge < -0.3 is 19.8 Å². The molecule has 2 aromatic carbocycles. The first-order valence-corrected chi connectivity index (χ1v) is 14.2. The van der Waals surface area contributed by atoms with Gasteiger partial charge in [0.2, 0.25) is 0 Å². The molecule has 47 heavy (non-hydrogen) atoms. The quantitative estimate of drug-likeness (QED) is 0.241. The first-order valence-electron chi connectivity index (χ1n) is 14.2. The Morgan fingerprint density at radius 1 is 1.02 bits per heavy atom. The summed E-state index contributed by atoms with van der Waals surface area (Å²) in [5.41, 5.74) is -2.26. The lowest BCUT2D eigenvalue weighted by molar-refractivity contribution is -0.143. The Morgan fingerprint density at radius 2 is 1.64 bits per heavy atom. The van der Waals surface area contributed by atoms with Crippen molar-refractivity contribution in [2.45, 2.75) is 63.7 Å².